The maximum absolute atomic E-state index is 9.16. The summed E-state index contributed by atoms with van der Waals surface area (Å²) in [6, 6.07) is 0. The molecular weight excluding hydrogens is 206 g/mol. The van der Waals surface area contributed by atoms with Crippen LogP contribution in [0.1, 0.15) is 24.7 Å². The molecule has 0 aromatic carbocycles. The molecule has 5 nitrogen and oxygen atoms in total. The maximum atomic E-state index is 9.16. The monoisotopic (exact) mass is 225 g/mol. The second kappa shape index (κ2) is 5.65. The van der Waals surface area contributed by atoms with Crippen LogP contribution in [-0.2, 0) is 0 Å². The van der Waals surface area contributed by atoms with Crippen LogP contribution in [0.3, 0.4) is 0 Å². The highest BCUT2D eigenvalue weighted by molar-refractivity contribution is 5.48. The van der Waals surface area contributed by atoms with Crippen LogP contribution in [0.2, 0.25) is 0 Å². The fourth-order valence-electron chi connectivity index (χ4n) is 1.37. The molecule has 1 aromatic heterocycles. The minimum absolute atomic E-state index is 0.308. The van der Waals surface area contributed by atoms with Crippen molar-refractivity contribution < 1.29 is 9.84 Å². The van der Waals surface area contributed by atoms with Crippen molar-refractivity contribution >= 4 is 5.82 Å². The molecule has 0 spiro atoms. The zero-order chi connectivity index (χ0) is 12.1. The molecule has 1 heterocycles. The summed E-state index contributed by atoms with van der Waals surface area (Å²) in [6.45, 7) is 6.17. The molecule has 0 saturated carbocycles. The Hall–Kier alpha value is -1.36. The first kappa shape index (κ1) is 12.7. The van der Waals surface area contributed by atoms with Crippen LogP contribution in [0, 0.1) is 13.8 Å². The number of hydrogen-bond donors (Lipinski definition) is 2. The minimum Gasteiger partial charge on any atom is -0.481 e. The van der Waals surface area contributed by atoms with E-state index in [1.807, 2.05) is 13.8 Å². The lowest BCUT2D eigenvalue weighted by atomic mass is 10.2. The maximum Gasteiger partial charge on any atom is 0.221 e. The van der Waals surface area contributed by atoms with Gasteiger partial charge in [-0.3, -0.25) is 0 Å². The van der Waals surface area contributed by atoms with Gasteiger partial charge in [-0.15, -0.1) is 0 Å². The van der Waals surface area contributed by atoms with Crippen molar-refractivity contribution in [1.82, 2.24) is 9.97 Å². The molecule has 16 heavy (non-hydrogen) atoms. The van der Waals surface area contributed by atoms with E-state index in [0.29, 0.717) is 24.7 Å². The van der Waals surface area contributed by atoms with E-state index in [1.165, 1.54) is 0 Å². The second-order valence-electron chi connectivity index (χ2n) is 3.82. The zero-order valence-electron chi connectivity index (χ0n) is 10.2. The average Bonchev–Trinajstić information content (AvgIpc) is 2.22. The molecule has 0 bridgehead atoms. The van der Waals surface area contributed by atoms with E-state index in [4.69, 9.17) is 9.84 Å². The van der Waals surface area contributed by atoms with Crippen LogP contribution in [0.25, 0.3) is 0 Å². The van der Waals surface area contributed by atoms with Gasteiger partial charge in [-0.05, 0) is 27.2 Å². The number of aliphatic hydroxyl groups is 1. The van der Waals surface area contributed by atoms with E-state index in [2.05, 4.69) is 15.3 Å². The van der Waals surface area contributed by atoms with Crippen LogP contribution in [0.15, 0.2) is 0 Å². The van der Waals surface area contributed by atoms with Gasteiger partial charge in [-0.25, -0.2) is 4.98 Å². The standard InChI is InChI=1S/C11H19N3O2/c1-7(15)5-6-12-10-8(2)11(16-4)14-9(3)13-10/h7,15H,5-6H2,1-4H3,(H,12,13,14). The number of hydrogen-bond acceptors (Lipinski definition) is 5. The molecule has 0 amide bonds. The highest BCUT2D eigenvalue weighted by Gasteiger charge is 2.09. The second-order valence-corrected chi connectivity index (χ2v) is 3.82. The van der Waals surface area contributed by atoms with E-state index in [0.717, 1.165) is 11.4 Å². The van der Waals surface area contributed by atoms with Gasteiger partial charge in [0.25, 0.3) is 0 Å². The molecule has 0 saturated heterocycles. The molecular formula is C11H19N3O2. The highest BCUT2D eigenvalue weighted by atomic mass is 16.5. The SMILES string of the molecule is COc1nc(C)nc(NCCC(C)O)c1C. The van der Waals surface area contributed by atoms with Gasteiger partial charge in [0.05, 0.1) is 18.8 Å². The molecule has 0 fully saturated rings. The molecule has 2 N–H and O–H groups in total. The van der Waals surface area contributed by atoms with Gasteiger partial charge in [-0.1, -0.05) is 0 Å². The Morgan fingerprint density at radius 2 is 2.06 bits per heavy atom. The first-order chi connectivity index (χ1) is 7.54. The van der Waals surface area contributed by atoms with E-state index in [9.17, 15) is 0 Å². The average molecular weight is 225 g/mol. The van der Waals surface area contributed by atoms with Crippen LogP contribution >= 0.6 is 0 Å². The number of aliphatic hydroxyl groups excluding tert-OH is 1. The third-order valence-electron chi connectivity index (χ3n) is 2.26. The topological polar surface area (TPSA) is 67.3 Å². The van der Waals surface area contributed by atoms with Gasteiger partial charge in [-0.2, -0.15) is 4.98 Å². The van der Waals surface area contributed by atoms with Crippen molar-refractivity contribution in [2.75, 3.05) is 19.0 Å². The molecule has 1 atom stereocenters. The molecule has 5 heteroatoms. The van der Waals surface area contributed by atoms with Gasteiger partial charge in [0.15, 0.2) is 0 Å². The summed E-state index contributed by atoms with van der Waals surface area (Å²) in [5.41, 5.74) is 0.888. The molecule has 0 radical (unpaired) electrons. The van der Waals surface area contributed by atoms with Gasteiger partial charge in [0.2, 0.25) is 5.88 Å². The summed E-state index contributed by atoms with van der Waals surface area (Å²) >= 11 is 0. The largest absolute Gasteiger partial charge is 0.481 e. The van der Waals surface area contributed by atoms with Crippen LogP contribution in [-0.4, -0.2) is 34.8 Å². The van der Waals surface area contributed by atoms with Crippen LogP contribution in [0.5, 0.6) is 5.88 Å². The quantitative estimate of drug-likeness (QED) is 0.790. The number of anilines is 1. The summed E-state index contributed by atoms with van der Waals surface area (Å²) in [7, 11) is 1.59. The van der Waals surface area contributed by atoms with Gasteiger partial charge < -0.3 is 15.2 Å². The van der Waals surface area contributed by atoms with E-state index in [1.54, 1.807) is 14.0 Å². The Bertz CT molecular complexity index is 353. The van der Waals surface area contributed by atoms with Gasteiger partial charge in [0.1, 0.15) is 11.6 Å². The van der Waals surface area contributed by atoms with Crippen molar-refractivity contribution in [1.29, 1.82) is 0 Å². The molecule has 1 rings (SSSR count). The number of rotatable bonds is 5. The molecule has 0 aliphatic rings. The molecule has 90 valence electrons. The number of ether oxygens (including phenoxy) is 1. The zero-order valence-corrected chi connectivity index (χ0v) is 10.2. The fraction of sp³-hybridized carbons (Fsp3) is 0.636. The Balaban J connectivity index is 2.75. The molecule has 0 aliphatic heterocycles. The smallest absolute Gasteiger partial charge is 0.221 e. The number of nitrogens with one attached hydrogen (secondary N) is 1. The summed E-state index contributed by atoms with van der Waals surface area (Å²) in [6.07, 6.45) is 0.378. The number of aryl methyl sites for hydroxylation is 1. The first-order valence-corrected chi connectivity index (χ1v) is 5.35. The predicted molar refractivity (Wildman–Crippen MR) is 62.8 cm³/mol. The Morgan fingerprint density at radius 3 is 2.62 bits per heavy atom. The lowest BCUT2D eigenvalue weighted by Crippen LogP contribution is -2.12. The Morgan fingerprint density at radius 1 is 1.38 bits per heavy atom. The third-order valence-corrected chi connectivity index (χ3v) is 2.26. The summed E-state index contributed by atoms with van der Waals surface area (Å²) < 4.78 is 5.15. The lowest BCUT2D eigenvalue weighted by molar-refractivity contribution is 0.188. The minimum atomic E-state index is -0.308. The van der Waals surface area contributed by atoms with Crippen LogP contribution < -0.4 is 10.1 Å². The third kappa shape index (κ3) is 3.34. The van der Waals surface area contributed by atoms with Crippen molar-refractivity contribution in [2.24, 2.45) is 0 Å². The van der Waals surface area contributed by atoms with E-state index >= 15 is 0 Å². The van der Waals surface area contributed by atoms with E-state index < -0.39 is 0 Å². The normalized spacial score (nSPS) is 12.3. The molecule has 1 unspecified atom stereocenters. The van der Waals surface area contributed by atoms with Crippen molar-refractivity contribution in [3.8, 4) is 5.88 Å². The number of aromatic nitrogens is 2. The van der Waals surface area contributed by atoms with Crippen LogP contribution in [0.4, 0.5) is 5.82 Å². The molecule has 1 aromatic rings. The Kier molecular flexibility index (Phi) is 4.49. The first-order valence-electron chi connectivity index (χ1n) is 5.35. The van der Waals surface area contributed by atoms with Gasteiger partial charge in [0, 0.05) is 6.54 Å². The van der Waals surface area contributed by atoms with E-state index in [-0.39, 0.29) is 6.10 Å². The summed E-state index contributed by atoms with van der Waals surface area (Å²) in [4.78, 5) is 8.47. The van der Waals surface area contributed by atoms with Gasteiger partial charge >= 0.3 is 0 Å². The lowest BCUT2D eigenvalue weighted by Gasteiger charge is -2.12. The van der Waals surface area contributed by atoms with Crippen molar-refractivity contribution in [3.05, 3.63) is 11.4 Å². The Labute approximate surface area is 95.9 Å². The molecule has 0 aliphatic carbocycles. The highest BCUT2D eigenvalue weighted by Crippen LogP contribution is 2.21. The predicted octanol–water partition coefficient (Wildman–Crippen LogP) is 1.28. The summed E-state index contributed by atoms with van der Waals surface area (Å²) in [5, 5.41) is 12.3. The number of methoxy groups -OCH3 is 1. The number of nitrogens with zero attached hydrogens (tertiary/aromatic N) is 2. The fourth-order valence-corrected chi connectivity index (χ4v) is 1.37. The van der Waals surface area contributed by atoms with Crippen molar-refractivity contribution in [3.63, 3.8) is 0 Å². The van der Waals surface area contributed by atoms with Crippen molar-refractivity contribution in [2.45, 2.75) is 33.3 Å². The summed E-state index contributed by atoms with van der Waals surface area (Å²) in [5.74, 6) is 2.03.